The lowest BCUT2D eigenvalue weighted by Crippen LogP contribution is -2.03. The summed E-state index contributed by atoms with van der Waals surface area (Å²) in [5, 5.41) is 0. The van der Waals surface area contributed by atoms with Crippen LogP contribution in [0.2, 0.25) is 0 Å². The molecule has 60 valence electrons. The van der Waals surface area contributed by atoms with Gasteiger partial charge in [0, 0.05) is 6.08 Å². The van der Waals surface area contributed by atoms with Crippen molar-refractivity contribution in [1.82, 2.24) is 0 Å². The van der Waals surface area contributed by atoms with Crippen LogP contribution in [0, 0.1) is 0 Å². The number of rotatable bonds is 2. The molecule has 3 nitrogen and oxygen atoms in total. The highest BCUT2D eigenvalue weighted by Crippen LogP contribution is 2.10. The monoisotopic (exact) mass is 157 g/mol. The number of ether oxygens (including phenoxy) is 1. The molecule has 0 amide bonds. The lowest BCUT2D eigenvalue weighted by atomic mass is 10.4. The smallest absolute Gasteiger partial charge is 0.304 e. The zero-order valence-electron chi connectivity index (χ0n) is 5.79. The minimum atomic E-state index is -0.676. The first-order valence-electron chi connectivity index (χ1n) is 3.05. The molecular formula is C7H8FNO2. The molecule has 0 radical (unpaired) electrons. The Morgan fingerprint density at radius 3 is 2.82 bits per heavy atom. The Bertz CT molecular complexity index is 198. The summed E-state index contributed by atoms with van der Waals surface area (Å²) in [6, 6.07) is 0. The largest absolute Gasteiger partial charge is 0.427 e. The molecule has 0 unspecified atom stereocenters. The first-order valence-corrected chi connectivity index (χ1v) is 3.05. The Labute approximate surface area is 63.5 Å². The molecule has 0 aromatic carbocycles. The zero-order valence-corrected chi connectivity index (χ0v) is 5.79. The lowest BCUT2D eigenvalue weighted by molar-refractivity contribution is 0.0640. The molecule has 11 heavy (non-hydrogen) atoms. The van der Waals surface area contributed by atoms with Crippen LogP contribution in [0.4, 0.5) is 4.39 Å². The van der Waals surface area contributed by atoms with Gasteiger partial charge >= 0.3 is 5.95 Å². The maximum absolute atomic E-state index is 12.0. The molecule has 0 bridgehead atoms. The van der Waals surface area contributed by atoms with Gasteiger partial charge in [-0.1, -0.05) is 12.2 Å². The molecule has 1 rings (SSSR count). The fourth-order valence-corrected chi connectivity index (χ4v) is 0.629. The van der Waals surface area contributed by atoms with E-state index >= 15 is 0 Å². The molecule has 0 saturated heterocycles. The third-order valence-electron chi connectivity index (χ3n) is 1.11. The van der Waals surface area contributed by atoms with Gasteiger partial charge in [-0.2, -0.15) is 5.90 Å². The molecule has 1 aliphatic heterocycles. The maximum Gasteiger partial charge on any atom is 0.304 e. The Morgan fingerprint density at radius 2 is 2.18 bits per heavy atom. The van der Waals surface area contributed by atoms with Crippen molar-refractivity contribution in [1.29, 1.82) is 0 Å². The molecule has 1 heterocycles. The number of halogens is 1. The van der Waals surface area contributed by atoms with Crippen molar-refractivity contribution >= 4 is 0 Å². The van der Waals surface area contributed by atoms with E-state index in [0.29, 0.717) is 0 Å². The van der Waals surface area contributed by atoms with Crippen molar-refractivity contribution in [3.05, 3.63) is 36.0 Å². The fourth-order valence-electron chi connectivity index (χ4n) is 0.629. The molecule has 0 aromatic heterocycles. The van der Waals surface area contributed by atoms with Gasteiger partial charge in [0.05, 0.1) is 0 Å². The van der Waals surface area contributed by atoms with Crippen LogP contribution in [0.5, 0.6) is 0 Å². The third-order valence-corrected chi connectivity index (χ3v) is 1.11. The normalized spacial score (nSPS) is 16.2. The first-order chi connectivity index (χ1) is 5.36. The second-order valence-corrected chi connectivity index (χ2v) is 1.86. The predicted octanol–water partition coefficient (Wildman–Crippen LogP) is 1.16. The molecule has 0 aromatic rings. The summed E-state index contributed by atoms with van der Waals surface area (Å²) in [6.07, 6.45) is 6.29. The average molecular weight is 157 g/mol. The van der Waals surface area contributed by atoms with Gasteiger partial charge in [-0.05, 0) is 6.08 Å². The van der Waals surface area contributed by atoms with Gasteiger partial charge in [0.1, 0.15) is 12.4 Å². The van der Waals surface area contributed by atoms with Crippen LogP contribution < -0.4 is 5.90 Å². The number of allylic oxidation sites excluding steroid dienone is 5. The maximum atomic E-state index is 12.0. The summed E-state index contributed by atoms with van der Waals surface area (Å²) >= 11 is 0. The van der Waals surface area contributed by atoms with E-state index in [1.165, 1.54) is 12.2 Å². The third kappa shape index (κ3) is 2.09. The van der Waals surface area contributed by atoms with Crippen LogP contribution >= 0.6 is 0 Å². The summed E-state index contributed by atoms with van der Waals surface area (Å²) < 4.78 is 16.9. The molecular weight excluding hydrogens is 149 g/mol. The van der Waals surface area contributed by atoms with Crippen LogP contribution in [-0.4, -0.2) is 6.67 Å². The second kappa shape index (κ2) is 3.78. The molecule has 0 aliphatic carbocycles. The highest BCUT2D eigenvalue weighted by atomic mass is 19.1. The summed E-state index contributed by atoms with van der Waals surface area (Å²) in [7, 11) is 0. The Balaban J connectivity index is 2.69. The SMILES string of the molecule is NOC1=CC=CC=C(CF)O1. The van der Waals surface area contributed by atoms with Gasteiger partial charge < -0.3 is 9.57 Å². The minimum absolute atomic E-state index is 0.0858. The van der Waals surface area contributed by atoms with E-state index in [2.05, 4.69) is 4.84 Å². The van der Waals surface area contributed by atoms with E-state index in [1.54, 1.807) is 12.2 Å². The molecule has 0 spiro atoms. The van der Waals surface area contributed by atoms with E-state index in [0.717, 1.165) is 0 Å². The van der Waals surface area contributed by atoms with Gasteiger partial charge in [-0.15, -0.1) is 0 Å². The molecule has 2 N–H and O–H groups in total. The molecule has 1 aliphatic rings. The molecule has 0 fully saturated rings. The van der Waals surface area contributed by atoms with Gasteiger partial charge in [0.15, 0.2) is 0 Å². The Hall–Kier alpha value is -1.29. The van der Waals surface area contributed by atoms with Gasteiger partial charge in [0.25, 0.3) is 0 Å². The molecule has 0 saturated carbocycles. The number of hydrogen-bond donors (Lipinski definition) is 1. The van der Waals surface area contributed by atoms with Gasteiger partial charge in [0.2, 0.25) is 0 Å². The van der Waals surface area contributed by atoms with Crippen LogP contribution in [-0.2, 0) is 9.57 Å². The fraction of sp³-hybridized carbons (Fsp3) is 0.143. The van der Waals surface area contributed by atoms with E-state index < -0.39 is 6.67 Å². The van der Waals surface area contributed by atoms with Crippen LogP contribution in [0.15, 0.2) is 36.0 Å². The molecule has 0 atom stereocenters. The van der Waals surface area contributed by atoms with Crippen molar-refractivity contribution in [2.24, 2.45) is 5.90 Å². The highest BCUT2D eigenvalue weighted by Gasteiger charge is 2.03. The summed E-state index contributed by atoms with van der Waals surface area (Å²) in [5.41, 5.74) is 0. The average Bonchev–Trinajstić information content (AvgIpc) is 2.28. The summed E-state index contributed by atoms with van der Waals surface area (Å²) in [4.78, 5) is 4.28. The zero-order chi connectivity index (χ0) is 8.10. The first kappa shape index (κ1) is 7.81. The van der Waals surface area contributed by atoms with Crippen LogP contribution in [0.25, 0.3) is 0 Å². The standard InChI is InChI=1S/C7H8FNO2/c8-5-6-3-1-2-4-7(10-6)11-9/h1-4H,5,9H2. The van der Waals surface area contributed by atoms with Crippen molar-refractivity contribution in [2.75, 3.05) is 6.67 Å². The minimum Gasteiger partial charge on any atom is -0.427 e. The second-order valence-electron chi connectivity index (χ2n) is 1.86. The van der Waals surface area contributed by atoms with E-state index in [9.17, 15) is 4.39 Å². The number of nitrogens with two attached hydrogens (primary N) is 1. The lowest BCUT2D eigenvalue weighted by Gasteiger charge is -2.05. The van der Waals surface area contributed by atoms with Gasteiger partial charge in [-0.3, -0.25) is 0 Å². The Kier molecular flexibility index (Phi) is 2.68. The number of alkyl halides is 1. The van der Waals surface area contributed by atoms with E-state index in [-0.39, 0.29) is 11.7 Å². The van der Waals surface area contributed by atoms with E-state index in [4.69, 9.17) is 10.6 Å². The predicted molar refractivity (Wildman–Crippen MR) is 37.6 cm³/mol. The molecule has 4 heteroatoms. The number of hydrogen-bond acceptors (Lipinski definition) is 3. The summed E-state index contributed by atoms with van der Waals surface area (Å²) in [6.45, 7) is -0.676. The topological polar surface area (TPSA) is 44.5 Å². The summed E-state index contributed by atoms with van der Waals surface area (Å²) in [5.74, 6) is 5.07. The van der Waals surface area contributed by atoms with Gasteiger partial charge in [-0.25, -0.2) is 4.39 Å². The van der Waals surface area contributed by atoms with Crippen LogP contribution in [0.3, 0.4) is 0 Å². The van der Waals surface area contributed by atoms with Crippen molar-refractivity contribution < 1.29 is 14.0 Å². The van der Waals surface area contributed by atoms with Crippen LogP contribution in [0.1, 0.15) is 0 Å². The van der Waals surface area contributed by atoms with E-state index in [1.807, 2.05) is 0 Å². The Morgan fingerprint density at radius 1 is 1.45 bits per heavy atom. The quantitative estimate of drug-likeness (QED) is 0.611. The highest BCUT2D eigenvalue weighted by molar-refractivity contribution is 5.18. The van der Waals surface area contributed by atoms with Crippen molar-refractivity contribution in [3.63, 3.8) is 0 Å². The van der Waals surface area contributed by atoms with Crippen molar-refractivity contribution in [2.45, 2.75) is 0 Å². The van der Waals surface area contributed by atoms with Crippen molar-refractivity contribution in [3.8, 4) is 0 Å².